The first-order valence-electron chi connectivity index (χ1n) is 9.09. The molecule has 2 aromatic carbocycles. The number of aryl methyl sites for hydroxylation is 1. The predicted octanol–water partition coefficient (Wildman–Crippen LogP) is 2.64. The zero-order chi connectivity index (χ0) is 19.7. The molecular formula is C21H21N5O2. The lowest BCUT2D eigenvalue weighted by Gasteiger charge is -2.16. The number of anilines is 1. The fraction of sp³-hybridized carbons (Fsp3) is 0.190. The van der Waals surface area contributed by atoms with Crippen LogP contribution in [0.15, 0.2) is 70.3 Å². The number of benzene rings is 2. The van der Waals surface area contributed by atoms with E-state index in [0.717, 1.165) is 11.1 Å². The van der Waals surface area contributed by atoms with E-state index >= 15 is 0 Å². The maximum absolute atomic E-state index is 12.6. The molecule has 0 aliphatic carbocycles. The molecule has 0 saturated heterocycles. The molecule has 1 unspecified atom stereocenters. The first-order chi connectivity index (χ1) is 13.5. The lowest BCUT2D eigenvalue weighted by atomic mass is 10.1. The molecule has 4 aromatic rings. The zero-order valence-electron chi connectivity index (χ0n) is 15.7. The van der Waals surface area contributed by atoms with Gasteiger partial charge in [-0.05, 0) is 18.1 Å². The van der Waals surface area contributed by atoms with E-state index in [1.54, 1.807) is 7.05 Å². The van der Waals surface area contributed by atoms with Gasteiger partial charge in [-0.2, -0.15) is 4.98 Å². The molecule has 0 amide bonds. The summed E-state index contributed by atoms with van der Waals surface area (Å²) in [4.78, 5) is 31.5. The summed E-state index contributed by atoms with van der Waals surface area (Å²) in [6.07, 6.45) is 0. The van der Waals surface area contributed by atoms with E-state index in [4.69, 9.17) is 0 Å². The summed E-state index contributed by atoms with van der Waals surface area (Å²) in [6.45, 7) is 2.49. The summed E-state index contributed by atoms with van der Waals surface area (Å²) in [5.41, 5.74) is 1.93. The van der Waals surface area contributed by atoms with Crippen molar-refractivity contribution < 1.29 is 0 Å². The highest BCUT2D eigenvalue weighted by atomic mass is 16.2. The molecule has 0 saturated carbocycles. The van der Waals surface area contributed by atoms with Crippen molar-refractivity contribution in [3.8, 4) is 0 Å². The van der Waals surface area contributed by atoms with Crippen molar-refractivity contribution in [1.29, 1.82) is 0 Å². The molecule has 2 aromatic heterocycles. The number of fused-ring (bicyclic) bond motifs is 1. The van der Waals surface area contributed by atoms with Crippen LogP contribution in [0.1, 0.15) is 24.1 Å². The number of nitrogens with one attached hydrogen (secondary N) is 2. The lowest BCUT2D eigenvalue weighted by molar-refractivity contribution is 0.782. The maximum Gasteiger partial charge on any atom is 0.329 e. The quantitative estimate of drug-likeness (QED) is 0.562. The molecule has 0 aliphatic rings. The van der Waals surface area contributed by atoms with Crippen LogP contribution in [0.5, 0.6) is 0 Å². The third kappa shape index (κ3) is 3.22. The Morgan fingerprint density at radius 1 is 1.04 bits per heavy atom. The summed E-state index contributed by atoms with van der Waals surface area (Å²) in [6, 6.07) is 19.8. The fourth-order valence-corrected chi connectivity index (χ4v) is 3.28. The van der Waals surface area contributed by atoms with Gasteiger partial charge in [0.2, 0.25) is 5.95 Å². The minimum absolute atomic E-state index is 0.0244. The van der Waals surface area contributed by atoms with Gasteiger partial charge < -0.3 is 5.32 Å². The molecule has 4 rings (SSSR count). The third-order valence-corrected chi connectivity index (χ3v) is 4.84. The Morgan fingerprint density at radius 3 is 2.36 bits per heavy atom. The van der Waals surface area contributed by atoms with Crippen LogP contribution in [0.3, 0.4) is 0 Å². The lowest BCUT2D eigenvalue weighted by Crippen LogP contribution is -2.29. The summed E-state index contributed by atoms with van der Waals surface area (Å²) >= 11 is 0. The zero-order valence-corrected chi connectivity index (χ0v) is 15.7. The molecule has 0 bridgehead atoms. The van der Waals surface area contributed by atoms with Crippen LogP contribution in [0, 0.1) is 0 Å². The molecule has 2 heterocycles. The summed E-state index contributed by atoms with van der Waals surface area (Å²) in [7, 11) is 1.60. The van der Waals surface area contributed by atoms with E-state index in [1.165, 1.54) is 4.57 Å². The van der Waals surface area contributed by atoms with E-state index in [9.17, 15) is 9.59 Å². The normalized spacial score (nSPS) is 12.2. The van der Waals surface area contributed by atoms with Gasteiger partial charge in [0, 0.05) is 7.05 Å². The Bertz CT molecular complexity index is 1220. The average Bonchev–Trinajstić information content (AvgIpc) is 3.06. The fourth-order valence-electron chi connectivity index (χ4n) is 3.28. The van der Waals surface area contributed by atoms with E-state index in [2.05, 4.69) is 15.3 Å². The van der Waals surface area contributed by atoms with Crippen LogP contribution in [0.25, 0.3) is 11.2 Å². The molecule has 0 radical (unpaired) electrons. The molecule has 28 heavy (non-hydrogen) atoms. The average molecular weight is 375 g/mol. The minimum atomic E-state index is -0.482. The molecule has 7 nitrogen and oxygen atoms in total. The van der Waals surface area contributed by atoms with E-state index < -0.39 is 11.2 Å². The Morgan fingerprint density at radius 2 is 1.68 bits per heavy atom. The van der Waals surface area contributed by atoms with Gasteiger partial charge in [0.05, 0.1) is 12.6 Å². The second kappa shape index (κ2) is 7.19. The highest BCUT2D eigenvalue weighted by Gasteiger charge is 2.19. The van der Waals surface area contributed by atoms with E-state index in [0.29, 0.717) is 23.7 Å². The van der Waals surface area contributed by atoms with Crippen molar-refractivity contribution in [2.24, 2.45) is 7.05 Å². The van der Waals surface area contributed by atoms with Crippen LogP contribution < -0.4 is 16.6 Å². The molecule has 0 spiro atoms. The predicted molar refractivity (Wildman–Crippen MR) is 110 cm³/mol. The Labute approximate surface area is 161 Å². The van der Waals surface area contributed by atoms with Crippen molar-refractivity contribution in [2.45, 2.75) is 19.5 Å². The van der Waals surface area contributed by atoms with Gasteiger partial charge in [-0.1, -0.05) is 60.7 Å². The van der Waals surface area contributed by atoms with Gasteiger partial charge in [0.1, 0.15) is 0 Å². The molecule has 142 valence electrons. The van der Waals surface area contributed by atoms with Crippen LogP contribution >= 0.6 is 0 Å². The first kappa shape index (κ1) is 17.8. The Hall–Kier alpha value is -3.61. The molecule has 1 atom stereocenters. The summed E-state index contributed by atoms with van der Waals surface area (Å²) < 4.78 is 3.18. The number of H-pyrrole nitrogens is 1. The smallest absolute Gasteiger partial charge is 0.329 e. The largest absolute Gasteiger partial charge is 0.349 e. The van der Waals surface area contributed by atoms with Crippen LogP contribution in [-0.2, 0) is 13.6 Å². The first-order valence-corrected chi connectivity index (χ1v) is 9.09. The summed E-state index contributed by atoms with van der Waals surface area (Å²) in [5.74, 6) is 0.543. The second-order valence-corrected chi connectivity index (χ2v) is 6.77. The van der Waals surface area contributed by atoms with E-state index in [1.807, 2.05) is 72.2 Å². The number of hydrogen-bond donors (Lipinski definition) is 2. The van der Waals surface area contributed by atoms with Crippen LogP contribution in [-0.4, -0.2) is 19.1 Å². The monoisotopic (exact) mass is 375 g/mol. The van der Waals surface area contributed by atoms with Gasteiger partial charge in [-0.3, -0.25) is 18.9 Å². The van der Waals surface area contributed by atoms with Crippen LogP contribution in [0.2, 0.25) is 0 Å². The Kier molecular flexibility index (Phi) is 4.57. The highest BCUT2D eigenvalue weighted by molar-refractivity contribution is 5.74. The number of hydrogen-bond acceptors (Lipinski definition) is 4. The van der Waals surface area contributed by atoms with Crippen molar-refractivity contribution in [2.75, 3.05) is 5.32 Å². The SMILES string of the molecule is CC(Nc1nc2c(c(=O)[nH]c(=O)n2C)n1Cc1ccccc1)c1ccccc1. The topological polar surface area (TPSA) is 84.7 Å². The minimum Gasteiger partial charge on any atom is -0.349 e. The van der Waals surface area contributed by atoms with Gasteiger partial charge in [0.15, 0.2) is 11.2 Å². The standard InChI is InChI=1S/C21H21N5O2/c1-14(16-11-7-4-8-12-16)22-20-23-18-17(19(27)24-21(28)25(18)2)26(20)13-15-9-5-3-6-10-15/h3-12,14H,13H2,1-2H3,(H,22,23)(H,24,27,28). The Balaban J connectivity index is 1.85. The van der Waals surface area contributed by atoms with Crippen molar-refractivity contribution in [1.82, 2.24) is 19.1 Å². The molecule has 0 aliphatic heterocycles. The molecule has 2 N–H and O–H groups in total. The molecular weight excluding hydrogens is 354 g/mol. The summed E-state index contributed by atoms with van der Waals surface area (Å²) in [5, 5.41) is 3.39. The van der Waals surface area contributed by atoms with Crippen molar-refractivity contribution in [3.63, 3.8) is 0 Å². The van der Waals surface area contributed by atoms with Gasteiger partial charge in [-0.15, -0.1) is 0 Å². The molecule has 7 heteroatoms. The molecule has 0 fully saturated rings. The third-order valence-electron chi connectivity index (χ3n) is 4.84. The van der Waals surface area contributed by atoms with Crippen molar-refractivity contribution in [3.05, 3.63) is 92.6 Å². The van der Waals surface area contributed by atoms with Gasteiger partial charge in [0.25, 0.3) is 5.56 Å². The van der Waals surface area contributed by atoms with E-state index in [-0.39, 0.29) is 6.04 Å². The number of imidazole rings is 1. The number of aromatic amines is 1. The number of rotatable bonds is 5. The number of aromatic nitrogens is 4. The highest BCUT2D eigenvalue weighted by Crippen LogP contribution is 2.22. The van der Waals surface area contributed by atoms with Crippen LogP contribution in [0.4, 0.5) is 5.95 Å². The van der Waals surface area contributed by atoms with Gasteiger partial charge in [-0.25, -0.2) is 4.79 Å². The maximum atomic E-state index is 12.6. The van der Waals surface area contributed by atoms with Crippen molar-refractivity contribution >= 4 is 17.1 Å². The number of nitrogens with zero attached hydrogens (tertiary/aromatic N) is 3. The van der Waals surface area contributed by atoms with Gasteiger partial charge >= 0.3 is 5.69 Å². The second-order valence-electron chi connectivity index (χ2n) is 6.77.